The molecule has 4 heteroatoms. The Bertz CT molecular complexity index is 426. The first kappa shape index (κ1) is 12.4. The van der Waals surface area contributed by atoms with Gasteiger partial charge in [0, 0.05) is 5.56 Å². The Morgan fingerprint density at radius 2 is 1.94 bits per heavy atom. The molecule has 0 aromatic heterocycles. The van der Waals surface area contributed by atoms with E-state index in [4.69, 9.17) is 0 Å². The van der Waals surface area contributed by atoms with Crippen LogP contribution in [0.2, 0.25) is 0 Å². The van der Waals surface area contributed by atoms with E-state index in [2.05, 4.69) is 4.74 Å². The van der Waals surface area contributed by atoms with Crippen molar-refractivity contribution in [2.75, 3.05) is 7.11 Å². The van der Waals surface area contributed by atoms with Crippen LogP contribution in [0.1, 0.15) is 21.5 Å². The molecule has 3 nitrogen and oxygen atoms in total. The molecule has 0 N–H and O–H groups in total. The molecule has 0 saturated heterocycles. The van der Waals surface area contributed by atoms with Crippen molar-refractivity contribution in [3.8, 4) is 0 Å². The number of halogens is 1. The molecular formula is C12H13FO3. The van der Waals surface area contributed by atoms with Crippen LogP contribution in [0.15, 0.2) is 18.2 Å². The van der Waals surface area contributed by atoms with Gasteiger partial charge in [-0.1, -0.05) is 18.2 Å². The highest BCUT2D eigenvalue weighted by Crippen LogP contribution is 2.16. The van der Waals surface area contributed by atoms with E-state index in [-0.39, 0.29) is 5.56 Å². The maximum atomic E-state index is 13.4. The van der Waals surface area contributed by atoms with Gasteiger partial charge in [-0.05, 0) is 25.0 Å². The van der Waals surface area contributed by atoms with E-state index in [1.165, 1.54) is 6.07 Å². The SMILES string of the molecule is COC(=O)C(F)C(=O)c1cccc(C)c1C. The molecule has 0 aliphatic rings. The average Bonchev–Trinajstić information content (AvgIpc) is 2.29. The fourth-order valence-corrected chi connectivity index (χ4v) is 1.37. The maximum Gasteiger partial charge on any atom is 0.348 e. The van der Waals surface area contributed by atoms with Crippen molar-refractivity contribution in [2.24, 2.45) is 0 Å². The van der Waals surface area contributed by atoms with Crippen molar-refractivity contribution in [3.63, 3.8) is 0 Å². The average molecular weight is 224 g/mol. The Labute approximate surface area is 93.2 Å². The molecule has 16 heavy (non-hydrogen) atoms. The minimum atomic E-state index is -2.24. The lowest BCUT2D eigenvalue weighted by Crippen LogP contribution is -2.27. The summed E-state index contributed by atoms with van der Waals surface area (Å²) in [6.45, 7) is 3.53. The van der Waals surface area contributed by atoms with Crippen LogP contribution < -0.4 is 0 Å². The fourth-order valence-electron chi connectivity index (χ4n) is 1.37. The Hall–Kier alpha value is -1.71. The number of ketones is 1. The van der Waals surface area contributed by atoms with Crippen molar-refractivity contribution >= 4 is 11.8 Å². The highest BCUT2D eigenvalue weighted by molar-refractivity contribution is 6.11. The first-order valence-corrected chi connectivity index (χ1v) is 4.81. The third-order valence-corrected chi connectivity index (χ3v) is 2.51. The zero-order valence-corrected chi connectivity index (χ0v) is 9.41. The molecule has 0 fully saturated rings. The van der Waals surface area contributed by atoms with Gasteiger partial charge in [0.25, 0.3) is 6.17 Å². The van der Waals surface area contributed by atoms with Crippen molar-refractivity contribution in [1.29, 1.82) is 0 Å². The van der Waals surface area contributed by atoms with E-state index in [1.54, 1.807) is 13.0 Å². The molecule has 0 aliphatic heterocycles. The third kappa shape index (κ3) is 2.27. The summed E-state index contributed by atoms with van der Waals surface area (Å²) in [5.41, 5.74) is 1.78. The number of ether oxygens (including phenoxy) is 1. The first-order chi connectivity index (χ1) is 7.49. The lowest BCUT2D eigenvalue weighted by Gasteiger charge is -2.09. The predicted octanol–water partition coefficient (Wildman–Crippen LogP) is 2.00. The monoisotopic (exact) mass is 224 g/mol. The van der Waals surface area contributed by atoms with E-state index in [9.17, 15) is 14.0 Å². The maximum absolute atomic E-state index is 13.4. The van der Waals surface area contributed by atoms with Crippen LogP contribution in [-0.4, -0.2) is 25.0 Å². The van der Waals surface area contributed by atoms with E-state index in [0.717, 1.165) is 12.7 Å². The molecule has 0 amide bonds. The molecule has 86 valence electrons. The summed E-state index contributed by atoms with van der Waals surface area (Å²) >= 11 is 0. The third-order valence-electron chi connectivity index (χ3n) is 2.51. The van der Waals surface area contributed by atoms with Crippen LogP contribution in [0.4, 0.5) is 4.39 Å². The number of alkyl halides is 1. The second-order valence-corrected chi connectivity index (χ2v) is 3.50. The summed E-state index contributed by atoms with van der Waals surface area (Å²) in [7, 11) is 1.05. The topological polar surface area (TPSA) is 43.4 Å². The lowest BCUT2D eigenvalue weighted by molar-refractivity contribution is -0.144. The number of carbonyl (C=O) groups excluding carboxylic acids is 2. The summed E-state index contributed by atoms with van der Waals surface area (Å²) in [6.07, 6.45) is -2.24. The van der Waals surface area contributed by atoms with Crippen molar-refractivity contribution in [3.05, 3.63) is 34.9 Å². The Morgan fingerprint density at radius 1 is 1.31 bits per heavy atom. The van der Waals surface area contributed by atoms with Crippen LogP contribution in [0, 0.1) is 13.8 Å². The lowest BCUT2D eigenvalue weighted by atomic mass is 9.98. The van der Waals surface area contributed by atoms with Crippen molar-refractivity contribution in [2.45, 2.75) is 20.0 Å². The summed E-state index contributed by atoms with van der Waals surface area (Å²) in [4.78, 5) is 22.5. The summed E-state index contributed by atoms with van der Waals surface area (Å²) in [6, 6.07) is 4.97. The first-order valence-electron chi connectivity index (χ1n) is 4.81. The van der Waals surface area contributed by atoms with Gasteiger partial charge in [-0.15, -0.1) is 0 Å². The largest absolute Gasteiger partial charge is 0.467 e. The number of esters is 1. The highest BCUT2D eigenvalue weighted by Gasteiger charge is 2.29. The Balaban J connectivity index is 3.06. The highest BCUT2D eigenvalue weighted by atomic mass is 19.1. The second-order valence-electron chi connectivity index (χ2n) is 3.50. The summed E-state index contributed by atoms with van der Waals surface area (Å²) < 4.78 is 17.6. The van der Waals surface area contributed by atoms with Crippen LogP contribution in [0.25, 0.3) is 0 Å². The zero-order chi connectivity index (χ0) is 12.3. The molecule has 0 radical (unpaired) electrons. The van der Waals surface area contributed by atoms with Crippen LogP contribution >= 0.6 is 0 Å². The predicted molar refractivity (Wildman–Crippen MR) is 57.2 cm³/mol. The van der Waals surface area contributed by atoms with Crippen LogP contribution in [-0.2, 0) is 9.53 Å². The number of hydrogen-bond acceptors (Lipinski definition) is 3. The van der Waals surface area contributed by atoms with Crippen molar-refractivity contribution in [1.82, 2.24) is 0 Å². The number of benzene rings is 1. The van der Waals surface area contributed by atoms with Gasteiger partial charge in [-0.3, -0.25) is 4.79 Å². The van der Waals surface area contributed by atoms with Gasteiger partial charge < -0.3 is 4.74 Å². The molecule has 0 bridgehead atoms. The fraction of sp³-hybridized carbons (Fsp3) is 0.333. The molecule has 1 unspecified atom stereocenters. The minimum absolute atomic E-state index is 0.220. The quantitative estimate of drug-likeness (QED) is 0.448. The van der Waals surface area contributed by atoms with Gasteiger partial charge >= 0.3 is 5.97 Å². The molecule has 0 spiro atoms. The number of aryl methyl sites for hydroxylation is 1. The van der Waals surface area contributed by atoms with E-state index in [1.807, 2.05) is 13.0 Å². The normalized spacial score (nSPS) is 12.0. The molecule has 1 aromatic carbocycles. The smallest absolute Gasteiger partial charge is 0.348 e. The van der Waals surface area contributed by atoms with Gasteiger partial charge in [0.15, 0.2) is 0 Å². The number of rotatable bonds is 3. The van der Waals surface area contributed by atoms with Gasteiger partial charge in [0.2, 0.25) is 5.78 Å². The Morgan fingerprint density at radius 3 is 2.50 bits per heavy atom. The van der Waals surface area contributed by atoms with E-state index < -0.39 is 17.9 Å². The molecule has 0 heterocycles. The molecule has 0 saturated carbocycles. The minimum Gasteiger partial charge on any atom is -0.467 e. The van der Waals surface area contributed by atoms with Gasteiger partial charge in [0.05, 0.1) is 7.11 Å². The second kappa shape index (κ2) is 4.88. The molecule has 1 aromatic rings. The number of Topliss-reactive ketones (excluding diaryl/α,β-unsaturated/α-hetero) is 1. The summed E-state index contributed by atoms with van der Waals surface area (Å²) in [5.74, 6) is -2.01. The molecular weight excluding hydrogens is 211 g/mol. The van der Waals surface area contributed by atoms with E-state index >= 15 is 0 Å². The number of carbonyl (C=O) groups is 2. The zero-order valence-electron chi connectivity index (χ0n) is 9.41. The standard InChI is InChI=1S/C12H13FO3/c1-7-5-4-6-9(8(7)2)11(14)10(13)12(15)16-3/h4-6,10H,1-3H3. The van der Waals surface area contributed by atoms with Gasteiger partial charge in [-0.25, -0.2) is 9.18 Å². The van der Waals surface area contributed by atoms with Gasteiger partial charge in [-0.2, -0.15) is 0 Å². The molecule has 1 rings (SSSR count). The van der Waals surface area contributed by atoms with Crippen molar-refractivity contribution < 1.29 is 18.7 Å². The van der Waals surface area contributed by atoms with E-state index in [0.29, 0.717) is 5.56 Å². The number of methoxy groups -OCH3 is 1. The Kier molecular flexibility index (Phi) is 3.77. The van der Waals surface area contributed by atoms with Crippen LogP contribution in [0.5, 0.6) is 0 Å². The molecule has 1 atom stereocenters. The summed E-state index contributed by atoms with van der Waals surface area (Å²) in [5, 5.41) is 0. The number of hydrogen-bond donors (Lipinski definition) is 0. The van der Waals surface area contributed by atoms with Gasteiger partial charge in [0.1, 0.15) is 0 Å². The molecule has 0 aliphatic carbocycles. The van der Waals surface area contributed by atoms with Crippen LogP contribution in [0.3, 0.4) is 0 Å².